The number of nitrogens with one attached hydrogen (secondary N) is 2. The standard InChI is InChI=1S/C14H20N6/c1-20-14(17-18-19-20)12-5-2-6-13(8-12)16-10-11-4-3-7-15-9-11/h2,5-6,8,11,15-16H,3-4,7,9-10H2,1H3. The Morgan fingerprint density at radius 3 is 3.15 bits per heavy atom. The van der Waals surface area contributed by atoms with Gasteiger partial charge in [0.1, 0.15) is 0 Å². The van der Waals surface area contributed by atoms with Crippen LogP contribution in [0.1, 0.15) is 12.8 Å². The Hall–Kier alpha value is -1.95. The van der Waals surface area contributed by atoms with Crippen LogP contribution in [0.5, 0.6) is 0 Å². The molecule has 0 spiro atoms. The van der Waals surface area contributed by atoms with Crippen LogP contribution in [-0.2, 0) is 7.05 Å². The summed E-state index contributed by atoms with van der Waals surface area (Å²) < 4.78 is 1.68. The molecule has 0 aliphatic carbocycles. The number of aryl methyl sites for hydroxylation is 1. The van der Waals surface area contributed by atoms with Crippen molar-refractivity contribution >= 4 is 5.69 Å². The minimum absolute atomic E-state index is 0.712. The molecule has 1 saturated heterocycles. The van der Waals surface area contributed by atoms with Gasteiger partial charge in [0.15, 0.2) is 5.82 Å². The summed E-state index contributed by atoms with van der Waals surface area (Å²) in [7, 11) is 1.85. The number of hydrogen-bond acceptors (Lipinski definition) is 5. The number of tetrazole rings is 1. The molecule has 3 rings (SSSR count). The van der Waals surface area contributed by atoms with Crippen molar-refractivity contribution < 1.29 is 0 Å². The van der Waals surface area contributed by atoms with Crippen LogP contribution in [0.4, 0.5) is 5.69 Å². The van der Waals surface area contributed by atoms with E-state index in [0.717, 1.165) is 36.7 Å². The highest BCUT2D eigenvalue weighted by molar-refractivity contribution is 5.62. The molecular weight excluding hydrogens is 252 g/mol. The van der Waals surface area contributed by atoms with Crippen molar-refractivity contribution in [1.29, 1.82) is 0 Å². The summed E-state index contributed by atoms with van der Waals surface area (Å²) in [6.45, 7) is 3.28. The molecule has 1 aromatic heterocycles. The lowest BCUT2D eigenvalue weighted by Gasteiger charge is -2.23. The molecule has 0 radical (unpaired) electrons. The fourth-order valence-electron chi connectivity index (χ4n) is 2.60. The molecule has 6 heteroatoms. The Morgan fingerprint density at radius 1 is 1.45 bits per heavy atom. The van der Waals surface area contributed by atoms with E-state index < -0.39 is 0 Å². The SMILES string of the molecule is Cn1nnnc1-c1cccc(NCC2CCCNC2)c1. The first-order valence-electron chi connectivity index (χ1n) is 7.10. The Bertz CT molecular complexity index is 558. The van der Waals surface area contributed by atoms with E-state index in [1.54, 1.807) is 4.68 Å². The summed E-state index contributed by atoms with van der Waals surface area (Å²) in [6.07, 6.45) is 2.57. The number of piperidine rings is 1. The van der Waals surface area contributed by atoms with E-state index in [2.05, 4.69) is 38.3 Å². The molecule has 20 heavy (non-hydrogen) atoms. The molecule has 1 unspecified atom stereocenters. The van der Waals surface area contributed by atoms with Gasteiger partial charge in [-0.15, -0.1) is 5.10 Å². The smallest absolute Gasteiger partial charge is 0.181 e. The molecule has 2 heterocycles. The van der Waals surface area contributed by atoms with Gasteiger partial charge in [-0.1, -0.05) is 12.1 Å². The van der Waals surface area contributed by atoms with Crippen molar-refractivity contribution in [2.45, 2.75) is 12.8 Å². The highest BCUT2D eigenvalue weighted by Gasteiger charge is 2.12. The van der Waals surface area contributed by atoms with Gasteiger partial charge in [-0.25, -0.2) is 4.68 Å². The number of benzene rings is 1. The molecule has 1 fully saturated rings. The van der Waals surface area contributed by atoms with Crippen LogP contribution in [0.15, 0.2) is 24.3 Å². The van der Waals surface area contributed by atoms with E-state index in [0.29, 0.717) is 5.92 Å². The molecule has 6 nitrogen and oxygen atoms in total. The predicted molar refractivity (Wildman–Crippen MR) is 78.3 cm³/mol. The Kier molecular flexibility index (Phi) is 3.92. The average Bonchev–Trinajstić information content (AvgIpc) is 2.93. The van der Waals surface area contributed by atoms with Gasteiger partial charge in [-0.2, -0.15) is 0 Å². The quantitative estimate of drug-likeness (QED) is 0.878. The summed E-state index contributed by atoms with van der Waals surface area (Å²) in [6, 6.07) is 8.25. The lowest BCUT2D eigenvalue weighted by Crippen LogP contribution is -2.33. The number of nitrogens with zero attached hydrogens (tertiary/aromatic N) is 4. The molecule has 1 aliphatic rings. The molecule has 0 amide bonds. The minimum atomic E-state index is 0.712. The zero-order valence-corrected chi connectivity index (χ0v) is 11.7. The van der Waals surface area contributed by atoms with Crippen molar-refractivity contribution in [3.05, 3.63) is 24.3 Å². The van der Waals surface area contributed by atoms with Crippen LogP contribution in [0.2, 0.25) is 0 Å². The lowest BCUT2D eigenvalue weighted by molar-refractivity contribution is 0.393. The molecule has 2 aromatic rings. The van der Waals surface area contributed by atoms with Crippen molar-refractivity contribution in [1.82, 2.24) is 25.5 Å². The maximum Gasteiger partial charge on any atom is 0.181 e. The van der Waals surface area contributed by atoms with E-state index in [1.807, 2.05) is 19.2 Å². The molecule has 1 aromatic carbocycles. The summed E-state index contributed by atoms with van der Waals surface area (Å²) in [5.74, 6) is 1.50. The molecule has 106 valence electrons. The predicted octanol–water partition coefficient (Wildman–Crippen LogP) is 1.29. The molecule has 0 bridgehead atoms. The molecule has 0 saturated carbocycles. The van der Waals surface area contributed by atoms with E-state index in [9.17, 15) is 0 Å². The Balaban J connectivity index is 1.67. The maximum absolute atomic E-state index is 4.04. The average molecular weight is 272 g/mol. The second-order valence-electron chi connectivity index (χ2n) is 5.30. The maximum atomic E-state index is 4.04. The summed E-state index contributed by atoms with van der Waals surface area (Å²) in [4.78, 5) is 0. The summed E-state index contributed by atoms with van der Waals surface area (Å²) >= 11 is 0. The van der Waals surface area contributed by atoms with Crippen LogP contribution < -0.4 is 10.6 Å². The third kappa shape index (κ3) is 2.96. The lowest BCUT2D eigenvalue weighted by atomic mass is 9.99. The molecule has 2 N–H and O–H groups in total. The number of aromatic nitrogens is 4. The highest BCUT2D eigenvalue weighted by Crippen LogP contribution is 2.20. The fraction of sp³-hybridized carbons (Fsp3) is 0.500. The molecule has 1 atom stereocenters. The van der Waals surface area contributed by atoms with Crippen molar-refractivity contribution in [3.63, 3.8) is 0 Å². The first kappa shape index (κ1) is 13.1. The third-order valence-corrected chi connectivity index (χ3v) is 3.73. The van der Waals surface area contributed by atoms with E-state index in [1.165, 1.54) is 12.8 Å². The van der Waals surface area contributed by atoms with Gasteiger partial charge >= 0.3 is 0 Å². The highest BCUT2D eigenvalue weighted by atomic mass is 15.5. The van der Waals surface area contributed by atoms with Gasteiger partial charge in [0.05, 0.1) is 0 Å². The van der Waals surface area contributed by atoms with Crippen molar-refractivity contribution in [2.75, 3.05) is 25.0 Å². The van der Waals surface area contributed by atoms with Crippen LogP contribution in [0, 0.1) is 5.92 Å². The number of hydrogen-bond donors (Lipinski definition) is 2. The van der Waals surface area contributed by atoms with Crippen LogP contribution in [0.3, 0.4) is 0 Å². The van der Waals surface area contributed by atoms with Crippen LogP contribution >= 0.6 is 0 Å². The Morgan fingerprint density at radius 2 is 2.40 bits per heavy atom. The zero-order chi connectivity index (χ0) is 13.8. The molecular formula is C14H20N6. The van der Waals surface area contributed by atoms with Gasteiger partial charge in [0, 0.05) is 24.8 Å². The monoisotopic (exact) mass is 272 g/mol. The topological polar surface area (TPSA) is 67.7 Å². The van der Waals surface area contributed by atoms with Gasteiger partial charge in [0.2, 0.25) is 0 Å². The normalized spacial score (nSPS) is 18.9. The van der Waals surface area contributed by atoms with Gasteiger partial charge in [0.25, 0.3) is 0 Å². The Labute approximate surface area is 118 Å². The van der Waals surface area contributed by atoms with E-state index in [4.69, 9.17) is 0 Å². The van der Waals surface area contributed by atoms with Crippen molar-refractivity contribution in [3.8, 4) is 11.4 Å². The third-order valence-electron chi connectivity index (χ3n) is 3.73. The largest absolute Gasteiger partial charge is 0.385 e. The van der Waals surface area contributed by atoms with E-state index >= 15 is 0 Å². The van der Waals surface area contributed by atoms with E-state index in [-0.39, 0.29) is 0 Å². The fourth-order valence-corrected chi connectivity index (χ4v) is 2.60. The second kappa shape index (κ2) is 6.00. The summed E-state index contributed by atoms with van der Waals surface area (Å²) in [5, 5.41) is 18.6. The number of rotatable bonds is 4. The van der Waals surface area contributed by atoms with Gasteiger partial charge in [-0.05, 0) is 54.4 Å². The van der Waals surface area contributed by atoms with Gasteiger partial charge in [-0.3, -0.25) is 0 Å². The van der Waals surface area contributed by atoms with Crippen molar-refractivity contribution in [2.24, 2.45) is 13.0 Å². The number of anilines is 1. The van der Waals surface area contributed by atoms with Crippen LogP contribution in [-0.4, -0.2) is 39.8 Å². The first-order valence-corrected chi connectivity index (χ1v) is 7.10. The second-order valence-corrected chi connectivity index (χ2v) is 5.30. The zero-order valence-electron chi connectivity index (χ0n) is 11.7. The summed E-state index contributed by atoms with van der Waals surface area (Å²) in [5.41, 5.74) is 2.15. The van der Waals surface area contributed by atoms with Crippen LogP contribution in [0.25, 0.3) is 11.4 Å². The minimum Gasteiger partial charge on any atom is -0.385 e. The first-order chi connectivity index (χ1) is 9.83. The van der Waals surface area contributed by atoms with Gasteiger partial charge < -0.3 is 10.6 Å². The molecule has 1 aliphatic heterocycles.